The van der Waals surface area contributed by atoms with E-state index in [1.807, 2.05) is 18.7 Å². The van der Waals surface area contributed by atoms with Gasteiger partial charge in [-0.2, -0.15) is 0 Å². The lowest BCUT2D eigenvalue weighted by atomic mass is 10.2. The SMILES string of the molecule is CC(C)NC(=O)N1CCNC(C)C1.Cl. The third-order valence-electron chi connectivity index (χ3n) is 2.07. The Hall–Kier alpha value is -0.480. The lowest BCUT2D eigenvalue weighted by molar-refractivity contribution is 0.177. The zero-order valence-corrected chi connectivity index (χ0v) is 9.86. The largest absolute Gasteiger partial charge is 0.336 e. The molecular weight excluding hydrogens is 202 g/mol. The molecule has 84 valence electrons. The van der Waals surface area contributed by atoms with Gasteiger partial charge in [0.15, 0.2) is 0 Å². The van der Waals surface area contributed by atoms with Gasteiger partial charge in [-0.25, -0.2) is 4.79 Å². The Labute approximate surface area is 91.8 Å². The molecule has 1 unspecified atom stereocenters. The van der Waals surface area contributed by atoms with Crippen LogP contribution in [0.3, 0.4) is 0 Å². The molecule has 4 nitrogen and oxygen atoms in total. The van der Waals surface area contributed by atoms with Gasteiger partial charge < -0.3 is 15.5 Å². The lowest BCUT2D eigenvalue weighted by Crippen LogP contribution is -2.54. The molecule has 14 heavy (non-hydrogen) atoms. The van der Waals surface area contributed by atoms with E-state index in [0.29, 0.717) is 6.04 Å². The molecule has 1 saturated heterocycles. The first-order valence-electron chi connectivity index (χ1n) is 4.88. The van der Waals surface area contributed by atoms with Crippen LogP contribution in [0.2, 0.25) is 0 Å². The van der Waals surface area contributed by atoms with E-state index in [4.69, 9.17) is 0 Å². The third-order valence-corrected chi connectivity index (χ3v) is 2.07. The number of nitrogens with one attached hydrogen (secondary N) is 2. The number of amides is 2. The normalized spacial score (nSPS) is 21.7. The number of hydrogen-bond acceptors (Lipinski definition) is 2. The number of hydrogen-bond donors (Lipinski definition) is 2. The fraction of sp³-hybridized carbons (Fsp3) is 0.889. The third kappa shape index (κ3) is 4.15. The maximum absolute atomic E-state index is 11.5. The summed E-state index contributed by atoms with van der Waals surface area (Å²) in [5.41, 5.74) is 0. The summed E-state index contributed by atoms with van der Waals surface area (Å²) >= 11 is 0. The molecular formula is C9H20ClN3O. The van der Waals surface area contributed by atoms with Crippen molar-refractivity contribution in [2.45, 2.75) is 32.9 Å². The van der Waals surface area contributed by atoms with Crippen LogP contribution in [-0.2, 0) is 0 Å². The Kier molecular flexibility index (Phi) is 5.88. The van der Waals surface area contributed by atoms with Gasteiger partial charge in [0.25, 0.3) is 0 Å². The van der Waals surface area contributed by atoms with Gasteiger partial charge in [0.1, 0.15) is 0 Å². The molecule has 2 N–H and O–H groups in total. The molecule has 0 radical (unpaired) electrons. The molecule has 0 aromatic heterocycles. The number of carbonyl (C=O) groups excluding carboxylic acids is 1. The first-order valence-corrected chi connectivity index (χ1v) is 4.88. The van der Waals surface area contributed by atoms with E-state index in [1.54, 1.807) is 0 Å². The molecule has 1 heterocycles. The van der Waals surface area contributed by atoms with E-state index in [-0.39, 0.29) is 24.5 Å². The highest BCUT2D eigenvalue weighted by Crippen LogP contribution is 1.99. The Morgan fingerprint density at radius 2 is 2.21 bits per heavy atom. The predicted octanol–water partition coefficient (Wildman–Crippen LogP) is 0.820. The quantitative estimate of drug-likeness (QED) is 0.689. The standard InChI is InChI=1S/C9H19N3O.ClH/c1-7(2)11-9(13)12-5-4-10-8(3)6-12;/h7-8,10H,4-6H2,1-3H3,(H,11,13);1H. The molecule has 0 aliphatic carbocycles. The van der Waals surface area contributed by atoms with Gasteiger partial charge in [-0.3, -0.25) is 0 Å². The highest BCUT2D eigenvalue weighted by Gasteiger charge is 2.20. The summed E-state index contributed by atoms with van der Waals surface area (Å²) in [6.07, 6.45) is 0. The Balaban J connectivity index is 0.00000169. The number of nitrogens with zero attached hydrogens (tertiary/aromatic N) is 1. The van der Waals surface area contributed by atoms with Crippen LogP contribution in [0.1, 0.15) is 20.8 Å². The van der Waals surface area contributed by atoms with Crippen molar-refractivity contribution in [2.24, 2.45) is 0 Å². The Morgan fingerprint density at radius 1 is 1.57 bits per heavy atom. The average molecular weight is 222 g/mol. The van der Waals surface area contributed by atoms with Crippen molar-refractivity contribution in [1.29, 1.82) is 0 Å². The Bertz CT molecular complexity index is 187. The summed E-state index contributed by atoms with van der Waals surface area (Å²) < 4.78 is 0. The van der Waals surface area contributed by atoms with Gasteiger partial charge in [-0.1, -0.05) is 0 Å². The topological polar surface area (TPSA) is 44.4 Å². The van der Waals surface area contributed by atoms with Crippen LogP contribution in [0.15, 0.2) is 0 Å². The first-order chi connectivity index (χ1) is 6.09. The highest BCUT2D eigenvalue weighted by atomic mass is 35.5. The summed E-state index contributed by atoms with van der Waals surface area (Å²) in [6.45, 7) is 8.55. The van der Waals surface area contributed by atoms with Gasteiger partial charge >= 0.3 is 6.03 Å². The van der Waals surface area contributed by atoms with E-state index in [9.17, 15) is 4.79 Å². The van der Waals surface area contributed by atoms with Gasteiger partial charge in [-0.05, 0) is 20.8 Å². The summed E-state index contributed by atoms with van der Waals surface area (Å²) in [7, 11) is 0. The van der Waals surface area contributed by atoms with Crippen LogP contribution in [0.5, 0.6) is 0 Å². The fourth-order valence-corrected chi connectivity index (χ4v) is 1.46. The average Bonchev–Trinajstić information content (AvgIpc) is 2.03. The smallest absolute Gasteiger partial charge is 0.317 e. The highest BCUT2D eigenvalue weighted by molar-refractivity contribution is 5.85. The summed E-state index contributed by atoms with van der Waals surface area (Å²) in [6, 6.07) is 0.688. The molecule has 2 amide bonds. The van der Waals surface area contributed by atoms with Crippen molar-refractivity contribution >= 4 is 18.4 Å². The molecule has 1 atom stereocenters. The zero-order chi connectivity index (χ0) is 9.84. The molecule has 0 spiro atoms. The number of urea groups is 1. The number of carbonyl (C=O) groups is 1. The van der Waals surface area contributed by atoms with Crippen molar-refractivity contribution in [3.05, 3.63) is 0 Å². The molecule has 1 fully saturated rings. The molecule has 1 rings (SSSR count). The second kappa shape index (κ2) is 6.09. The van der Waals surface area contributed by atoms with Crippen LogP contribution < -0.4 is 10.6 Å². The molecule has 0 bridgehead atoms. The van der Waals surface area contributed by atoms with Crippen LogP contribution in [0.4, 0.5) is 4.79 Å². The van der Waals surface area contributed by atoms with E-state index in [2.05, 4.69) is 17.6 Å². The molecule has 1 aliphatic rings. The minimum atomic E-state index is 0. The van der Waals surface area contributed by atoms with Crippen molar-refractivity contribution < 1.29 is 4.79 Å². The second-order valence-electron chi connectivity index (χ2n) is 3.91. The van der Waals surface area contributed by atoms with Gasteiger partial charge in [0.05, 0.1) is 0 Å². The number of rotatable bonds is 1. The number of halogens is 1. The zero-order valence-electron chi connectivity index (χ0n) is 9.04. The minimum absolute atomic E-state index is 0. The van der Waals surface area contributed by atoms with E-state index in [0.717, 1.165) is 19.6 Å². The van der Waals surface area contributed by atoms with Crippen LogP contribution in [0, 0.1) is 0 Å². The maximum atomic E-state index is 11.5. The van der Waals surface area contributed by atoms with Gasteiger partial charge in [-0.15, -0.1) is 12.4 Å². The van der Waals surface area contributed by atoms with E-state index < -0.39 is 0 Å². The molecule has 1 aliphatic heterocycles. The summed E-state index contributed by atoms with van der Waals surface area (Å²) in [5.74, 6) is 0. The van der Waals surface area contributed by atoms with Crippen molar-refractivity contribution in [2.75, 3.05) is 19.6 Å². The van der Waals surface area contributed by atoms with Gasteiger partial charge in [0, 0.05) is 31.7 Å². The second-order valence-corrected chi connectivity index (χ2v) is 3.91. The van der Waals surface area contributed by atoms with Crippen molar-refractivity contribution in [3.8, 4) is 0 Å². The Morgan fingerprint density at radius 3 is 2.71 bits per heavy atom. The van der Waals surface area contributed by atoms with Crippen LogP contribution in [-0.4, -0.2) is 42.6 Å². The lowest BCUT2D eigenvalue weighted by Gasteiger charge is -2.32. The van der Waals surface area contributed by atoms with Crippen LogP contribution >= 0.6 is 12.4 Å². The van der Waals surface area contributed by atoms with E-state index in [1.165, 1.54) is 0 Å². The molecule has 5 heteroatoms. The minimum Gasteiger partial charge on any atom is -0.336 e. The first kappa shape index (κ1) is 13.5. The van der Waals surface area contributed by atoms with E-state index >= 15 is 0 Å². The molecule has 0 saturated carbocycles. The predicted molar refractivity (Wildman–Crippen MR) is 60.0 cm³/mol. The van der Waals surface area contributed by atoms with Crippen molar-refractivity contribution in [1.82, 2.24) is 15.5 Å². The molecule has 0 aromatic carbocycles. The summed E-state index contributed by atoms with van der Waals surface area (Å²) in [5, 5.41) is 6.19. The number of piperazine rings is 1. The monoisotopic (exact) mass is 221 g/mol. The fourth-order valence-electron chi connectivity index (χ4n) is 1.46. The van der Waals surface area contributed by atoms with Gasteiger partial charge in [0.2, 0.25) is 0 Å². The van der Waals surface area contributed by atoms with Crippen LogP contribution in [0.25, 0.3) is 0 Å². The molecule has 0 aromatic rings. The summed E-state index contributed by atoms with van der Waals surface area (Å²) in [4.78, 5) is 13.4. The van der Waals surface area contributed by atoms with Crippen molar-refractivity contribution in [3.63, 3.8) is 0 Å². The maximum Gasteiger partial charge on any atom is 0.317 e.